The maximum absolute atomic E-state index is 9.95. The lowest BCUT2D eigenvalue weighted by Crippen LogP contribution is -2.16. The number of benzene rings is 1. The van der Waals surface area contributed by atoms with Crippen molar-refractivity contribution >= 4 is 15.9 Å². The van der Waals surface area contributed by atoms with Gasteiger partial charge in [-0.05, 0) is 35.8 Å². The largest absolute Gasteiger partial charge is 0.496 e. The Bertz CT molecular complexity index is 356. The van der Waals surface area contributed by atoms with Crippen molar-refractivity contribution in [2.75, 3.05) is 14.2 Å². The van der Waals surface area contributed by atoms with Gasteiger partial charge in [-0.2, -0.15) is 0 Å². The molecule has 0 aliphatic rings. The van der Waals surface area contributed by atoms with Crippen LogP contribution in [0.2, 0.25) is 0 Å². The first kappa shape index (κ1) is 12.3. The predicted octanol–water partition coefficient (Wildman–Crippen LogP) is 2.69. The molecule has 0 fully saturated rings. The fourth-order valence-electron chi connectivity index (χ4n) is 1.34. The number of aliphatic hydroxyl groups is 1. The average Bonchev–Trinajstić information content (AvgIpc) is 2.16. The molecule has 3 nitrogen and oxygen atoms in total. The van der Waals surface area contributed by atoms with Crippen molar-refractivity contribution in [2.24, 2.45) is 0 Å². The summed E-state index contributed by atoms with van der Waals surface area (Å²) in [4.78, 5) is 0. The molecule has 0 aliphatic carbocycles. The summed E-state index contributed by atoms with van der Waals surface area (Å²) in [6.07, 6.45) is 0. The van der Waals surface area contributed by atoms with E-state index in [1.165, 1.54) is 0 Å². The zero-order chi connectivity index (χ0) is 11.6. The van der Waals surface area contributed by atoms with Gasteiger partial charge in [0, 0.05) is 11.6 Å². The van der Waals surface area contributed by atoms with Gasteiger partial charge < -0.3 is 14.6 Å². The van der Waals surface area contributed by atoms with E-state index in [1.54, 1.807) is 40.2 Å². The van der Waals surface area contributed by atoms with Gasteiger partial charge in [-0.3, -0.25) is 0 Å². The number of hydrogen-bond donors (Lipinski definition) is 1. The van der Waals surface area contributed by atoms with Crippen LogP contribution < -0.4 is 9.47 Å². The first-order valence-electron chi connectivity index (χ1n) is 4.54. The van der Waals surface area contributed by atoms with Crippen molar-refractivity contribution in [3.63, 3.8) is 0 Å². The van der Waals surface area contributed by atoms with E-state index in [9.17, 15) is 5.11 Å². The molecule has 0 spiro atoms. The minimum atomic E-state index is -0.944. The molecular weight excluding hydrogens is 260 g/mol. The Labute approximate surface area is 98.1 Å². The lowest BCUT2D eigenvalue weighted by atomic mass is 9.97. The summed E-state index contributed by atoms with van der Waals surface area (Å²) in [6.45, 7) is 3.42. The number of hydrogen-bond acceptors (Lipinski definition) is 3. The van der Waals surface area contributed by atoms with E-state index in [2.05, 4.69) is 15.9 Å². The highest BCUT2D eigenvalue weighted by Crippen LogP contribution is 2.37. The molecule has 0 amide bonds. The van der Waals surface area contributed by atoms with Crippen LogP contribution in [0.15, 0.2) is 16.6 Å². The van der Waals surface area contributed by atoms with Gasteiger partial charge in [-0.15, -0.1) is 0 Å². The lowest BCUT2D eigenvalue weighted by Gasteiger charge is -2.22. The predicted molar refractivity (Wildman–Crippen MR) is 62.5 cm³/mol. The first-order valence-corrected chi connectivity index (χ1v) is 5.34. The topological polar surface area (TPSA) is 38.7 Å². The van der Waals surface area contributed by atoms with Crippen molar-refractivity contribution in [3.8, 4) is 11.5 Å². The van der Waals surface area contributed by atoms with Crippen molar-refractivity contribution < 1.29 is 14.6 Å². The number of methoxy groups -OCH3 is 2. The van der Waals surface area contributed by atoms with Crippen molar-refractivity contribution in [1.82, 2.24) is 0 Å². The van der Waals surface area contributed by atoms with E-state index in [0.717, 1.165) is 10.0 Å². The standard InChI is InChI=1S/C11H15BrO3/c1-11(2,13)7-5-8(12)10(15-4)6-9(7)14-3/h5-6,13H,1-4H3. The van der Waals surface area contributed by atoms with Gasteiger partial charge in [0.25, 0.3) is 0 Å². The molecule has 0 unspecified atom stereocenters. The molecule has 0 aromatic heterocycles. The van der Waals surface area contributed by atoms with E-state index in [4.69, 9.17) is 9.47 Å². The number of halogens is 1. The second kappa shape index (κ2) is 4.41. The highest BCUT2D eigenvalue weighted by Gasteiger charge is 2.22. The van der Waals surface area contributed by atoms with E-state index >= 15 is 0 Å². The third kappa shape index (κ3) is 2.63. The molecule has 1 aromatic rings. The van der Waals surface area contributed by atoms with Gasteiger partial charge in [-0.1, -0.05) is 0 Å². The molecule has 1 N–H and O–H groups in total. The van der Waals surface area contributed by atoms with E-state index < -0.39 is 5.60 Å². The van der Waals surface area contributed by atoms with Gasteiger partial charge >= 0.3 is 0 Å². The van der Waals surface area contributed by atoms with Crippen LogP contribution in [0.5, 0.6) is 11.5 Å². The summed E-state index contributed by atoms with van der Waals surface area (Å²) < 4.78 is 11.1. The highest BCUT2D eigenvalue weighted by molar-refractivity contribution is 9.10. The zero-order valence-corrected chi connectivity index (χ0v) is 10.9. The summed E-state index contributed by atoms with van der Waals surface area (Å²) in [5.74, 6) is 1.29. The van der Waals surface area contributed by atoms with Crippen LogP contribution in [-0.2, 0) is 5.60 Å². The van der Waals surface area contributed by atoms with Crippen LogP contribution in [-0.4, -0.2) is 19.3 Å². The molecule has 1 aromatic carbocycles. The molecular formula is C11H15BrO3. The number of ether oxygens (including phenoxy) is 2. The van der Waals surface area contributed by atoms with Gasteiger partial charge in [0.15, 0.2) is 0 Å². The summed E-state index contributed by atoms with van der Waals surface area (Å²) in [5, 5.41) is 9.95. The second-order valence-electron chi connectivity index (χ2n) is 3.75. The summed E-state index contributed by atoms with van der Waals surface area (Å²) in [6, 6.07) is 3.55. The van der Waals surface area contributed by atoms with Gasteiger partial charge in [0.2, 0.25) is 0 Å². The zero-order valence-electron chi connectivity index (χ0n) is 9.30. The van der Waals surface area contributed by atoms with Crippen molar-refractivity contribution in [3.05, 3.63) is 22.2 Å². The van der Waals surface area contributed by atoms with Crippen molar-refractivity contribution in [2.45, 2.75) is 19.4 Å². The molecule has 4 heteroatoms. The summed E-state index contributed by atoms with van der Waals surface area (Å²) in [7, 11) is 3.15. The average molecular weight is 275 g/mol. The fraction of sp³-hybridized carbons (Fsp3) is 0.455. The lowest BCUT2D eigenvalue weighted by molar-refractivity contribution is 0.0755. The third-order valence-electron chi connectivity index (χ3n) is 2.13. The van der Waals surface area contributed by atoms with Gasteiger partial charge in [-0.25, -0.2) is 0 Å². The Morgan fingerprint density at radius 3 is 2.07 bits per heavy atom. The molecule has 0 heterocycles. The minimum absolute atomic E-state index is 0.613. The molecule has 0 saturated heterocycles. The monoisotopic (exact) mass is 274 g/mol. The van der Waals surface area contributed by atoms with Crippen LogP contribution in [0.1, 0.15) is 19.4 Å². The molecule has 0 aliphatic heterocycles. The molecule has 0 radical (unpaired) electrons. The van der Waals surface area contributed by atoms with E-state index in [0.29, 0.717) is 11.5 Å². The van der Waals surface area contributed by atoms with E-state index in [-0.39, 0.29) is 0 Å². The Morgan fingerprint density at radius 1 is 1.13 bits per heavy atom. The Hall–Kier alpha value is -0.740. The smallest absolute Gasteiger partial charge is 0.136 e. The van der Waals surface area contributed by atoms with Crippen LogP contribution >= 0.6 is 15.9 Å². The SMILES string of the molecule is COc1cc(OC)c(C(C)(C)O)cc1Br. The summed E-state index contributed by atoms with van der Waals surface area (Å²) >= 11 is 3.37. The maximum atomic E-state index is 9.95. The van der Waals surface area contributed by atoms with Crippen LogP contribution in [0, 0.1) is 0 Å². The van der Waals surface area contributed by atoms with Crippen LogP contribution in [0.4, 0.5) is 0 Å². The molecule has 0 saturated carbocycles. The Kier molecular flexibility index (Phi) is 3.62. The highest BCUT2D eigenvalue weighted by atomic mass is 79.9. The summed E-state index contributed by atoms with van der Waals surface area (Å²) in [5.41, 5.74) is -0.224. The molecule has 0 atom stereocenters. The maximum Gasteiger partial charge on any atom is 0.136 e. The number of rotatable bonds is 3. The van der Waals surface area contributed by atoms with Gasteiger partial charge in [0.05, 0.1) is 24.3 Å². The quantitative estimate of drug-likeness (QED) is 0.921. The van der Waals surface area contributed by atoms with Crippen LogP contribution in [0.25, 0.3) is 0 Å². The van der Waals surface area contributed by atoms with Gasteiger partial charge in [0.1, 0.15) is 11.5 Å². The normalized spacial score (nSPS) is 11.3. The van der Waals surface area contributed by atoms with Crippen LogP contribution in [0.3, 0.4) is 0 Å². The second-order valence-corrected chi connectivity index (χ2v) is 4.60. The Morgan fingerprint density at radius 2 is 1.67 bits per heavy atom. The van der Waals surface area contributed by atoms with E-state index in [1.807, 2.05) is 0 Å². The molecule has 1 rings (SSSR count). The first-order chi connectivity index (χ1) is 6.90. The van der Waals surface area contributed by atoms with Crippen molar-refractivity contribution in [1.29, 1.82) is 0 Å². The fourth-order valence-corrected chi connectivity index (χ4v) is 1.84. The Balaban J connectivity index is 3.34. The molecule has 15 heavy (non-hydrogen) atoms. The molecule has 84 valence electrons. The minimum Gasteiger partial charge on any atom is -0.496 e. The molecule has 0 bridgehead atoms. The third-order valence-corrected chi connectivity index (χ3v) is 2.75.